The van der Waals surface area contributed by atoms with Crippen LogP contribution in [0.2, 0.25) is 0 Å². The molecule has 0 fully saturated rings. The van der Waals surface area contributed by atoms with Gasteiger partial charge >= 0.3 is 5.97 Å². The predicted molar refractivity (Wildman–Crippen MR) is 71.8 cm³/mol. The summed E-state index contributed by atoms with van der Waals surface area (Å²) in [5, 5.41) is 12.3. The standard InChI is InChI=1S/C12H12BrN3O2/c13-9-2-1-3-10(11(9)12(17)18)15-5-7-16-6-4-14-8-16/h1-4,6,8,15H,5,7H2,(H,17,18). The molecule has 1 aromatic carbocycles. The maximum Gasteiger partial charge on any atom is 0.338 e. The summed E-state index contributed by atoms with van der Waals surface area (Å²) in [6, 6.07) is 5.27. The highest BCUT2D eigenvalue weighted by Gasteiger charge is 2.13. The van der Waals surface area contributed by atoms with E-state index in [1.54, 1.807) is 30.7 Å². The molecule has 0 aliphatic carbocycles. The summed E-state index contributed by atoms with van der Waals surface area (Å²) in [5.74, 6) is -0.951. The molecule has 0 aliphatic rings. The third-order valence-corrected chi connectivity index (χ3v) is 3.13. The average molecular weight is 310 g/mol. The first-order chi connectivity index (χ1) is 8.68. The number of aromatic nitrogens is 2. The zero-order chi connectivity index (χ0) is 13.0. The normalized spacial score (nSPS) is 10.3. The van der Waals surface area contributed by atoms with Gasteiger partial charge in [-0.3, -0.25) is 0 Å². The van der Waals surface area contributed by atoms with Crippen molar-refractivity contribution < 1.29 is 9.90 Å². The monoisotopic (exact) mass is 309 g/mol. The van der Waals surface area contributed by atoms with Gasteiger partial charge in [-0.15, -0.1) is 0 Å². The summed E-state index contributed by atoms with van der Waals surface area (Å²) < 4.78 is 2.49. The van der Waals surface area contributed by atoms with Gasteiger partial charge in [-0.05, 0) is 28.1 Å². The Bertz CT molecular complexity index is 540. The smallest absolute Gasteiger partial charge is 0.338 e. The van der Waals surface area contributed by atoms with Crippen LogP contribution in [-0.2, 0) is 6.54 Å². The number of hydrogen-bond acceptors (Lipinski definition) is 3. The number of halogens is 1. The Kier molecular flexibility index (Phi) is 3.99. The molecule has 0 aliphatic heterocycles. The molecule has 0 spiro atoms. The fraction of sp³-hybridized carbons (Fsp3) is 0.167. The molecule has 0 atom stereocenters. The maximum atomic E-state index is 11.1. The fourth-order valence-corrected chi connectivity index (χ4v) is 2.16. The van der Waals surface area contributed by atoms with Crippen LogP contribution < -0.4 is 5.32 Å². The van der Waals surface area contributed by atoms with Crippen molar-refractivity contribution >= 4 is 27.6 Å². The molecule has 0 radical (unpaired) electrons. The predicted octanol–water partition coefficient (Wildman–Crippen LogP) is 2.46. The number of anilines is 1. The number of carbonyl (C=O) groups is 1. The summed E-state index contributed by atoms with van der Waals surface area (Å²) in [5.41, 5.74) is 0.861. The molecule has 5 nitrogen and oxygen atoms in total. The molecule has 2 aromatic rings. The fourth-order valence-electron chi connectivity index (χ4n) is 1.63. The summed E-state index contributed by atoms with van der Waals surface area (Å²) in [6.45, 7) is 1.36. The van der Waals surface area contributed by atoms with Gasteiger partial charge in [0.2, 0.25) is 0 Å². The van der Waals surface area contributed by atoms with Crippen molar-refractivity contribution in [3.05, 3.63) is 47.0 Å². The topological polar surface area (TPSA) is 67.2 Å². The Morgan fingerprint density at radius 3 is 3.00 bits per heavy atom. The molecule has 6 heteroatoms. The van der Waals surface area contributed by atoms with Crippen LogP contribution in [0.3, 0.4) is 0 Å². The SMILES string of the molecule is O=C(O)c1c(Br)cccc1NCCn1ccnc1. The van der Waals surface area contributed by atoms with E-state index in [0.29, 0.717) is 16.7 Å². The van der Waals surface area contributed by atoms with Crippen LogP contribution in [0.4, 0.5) is 5.69 Å². The van der Waals surface area contributed by atoms with Gasteiger partial charge in [-0.1, -0.05) is 6.07 Å². The Balaban J connectivity index is 2.05. The van der Waals surface area contributed by atoms with E-state index in [9.17, 15) is 4.79 Å². The number of hydrogen-bond donors (Lipinski definition) is 2. The zero-order valence-corrected chi connectivity index (χ0v) is 11.1. The highest BCUT2D eigenvalue weighted by Crippen LogP contribution is 2.24. The van der Waals surface area contributed by atoms with Crippen molar-refractivity contribution in [1.82, 2.24) is 9.55 Å². The number of nitrogens with zero attached hydrogens (tertiary/aromatic N) is 2. The molecular formula is C12H12BrN3O2. The first kappa shape index (κ1) is 12.6. The molecule has 0 unspecified atom stereocenters. The third-order valence-electron chi connectivity index (χ3n) is 2.47. The first-order valence-corrected chi connectivity index (χ1v) is 6.19. The van der Waals surface area contributed by atoms with E-state index in [1.807, 2.05) is 10.8 Å². The van der Waals surface area contributed by atoms with E-state index in [2.05, 4.69) is 26.2 Å². The second kappa shape index (κ2) is 5.68. The first-order valence-electron chi connectivity index (χ1n) is 5.40. The van der Waals surface area contributed by atoms with Gasteiger partial charge in [-0.2, -0.15) is 0 Å². The Morgan fingerprint density at radius 2 is 2.33 bits per heavy atom. The lowest BCUT2D eigenvalue weighted by atomic mass is 10.2. The molecule has 0 amide bonds. The van der Waals surface area contributed by atoms with E-state index < -0.39 is 5.97 Å². The van der Waals surface area contributed by atoms with Crippen molar-refractivity contribution in [3.8, 4) is 0 Å². The molecule has 1 aromatic heterocycles. The zero-order valence-electron chi connectivity index (χ0n) is 9.51. The van der Waals surface area contributed by atoms with Crippen LogP contribution in [0.5, 0.6) is 0 Å². The highest BCUT2D eigenvalue weighted by molar-refractivity contribution is 9.10. The van der Waals surface area contributed by atoms with Crippen molar-refractivity contribution in [2.24, 2.45) is 0 Å². The van der Waals surface area contributed by atoms with Gasteiger partial charge in [0.05, 0.1) is 11.9 Å². The van der Waals surface area contributed by atoms with E-state index in [0.717, 1.165) is 6.54 Å². The van der Waals surface area contributed by atoms with Crippen LogP contribution in [0.1, 0.15) is 10.4 Å². The van der Waals surface area contributed by atoms with Crippen LogP contribution in [0, 0.1) is 0 Å². The number of carboxylic acid groups (broad SMARTS) is 1. The third kappa shape index (κ3) is 2.89. The molecule has 0 saturated heterocycles. The van der Waals surface area contributed by atoms with Gasteiger partial charge in [0.15, 0.2) is 0 Å². The van der Waals surface area contributed by atoms with E-state index in [1.165, 1.54) is 0 Å². The number of carboxylic acids is 1. The molecule has 18 heavy (non-hydrogen) atoms. The second-order valence-corrected chi connectivity index (χ2v) is 4.55. The van der Waals surface area contributed by atoms with Gasteiger partial charge in [0.1, 0.15) is 0 Å². The minimum atomic E-state index is -0.951. The maximum absolute atomic E-state index is 11.1. The average Bonchev–Trinajstić information content (AvgIpc) is 2.81. The number of rotatable bonds is 5. The van der Waals surface area contributed by atoms with E-state index >= 15 is 0 Å². The molecule has 0 saturated carbocycles. The van der Waals surface area contributed by atoms with Crippen LogP contribution in [-0.4, -0.2) is 27.2 Å². The van der Waals surface area contributed by atoms with Crippen LogP contribution >= 0.6 is 15.9 Å². The number of aromatic carboxylic acids is 1. The Morgan fingerprint density at radius 1 is 1.50 bits per heavy atom. The van der Waals surface area contributed by atoms with Crippen molar-refractivity contribution in [3.63, 3.8) is 0 Å². The summed E-state index contributed by atoms with van der Waals surface area (Å²) >= 11 is 3.24. The number of imidazole rings is 1. The van der Waals surface area contributed by atoms with E-state index in [-0.39, 0.29) is 5.56 Å². The van der Waals surface area contributed by atoms with Gasteiger partial charge in [0.25, 0.3) is 0 Å². The largest absolute Gasteiger partial charge is 0.478 e. The highest BCUT2D eigenvalue weighted by atomic mass is 79.9. The van der Waals surface area contributed by atoms with Gasteiger partial charge < -0.3 is 15.0 Å². The molecule has 2 rings (SSSR count). The molecule has 1 heterocycles. The molecule has 0 bridgehead atoms. The second-order valence-electron chi connectivity index (χ2n) is 3.69. The Hall–Kier alpha value is -1.82. The van der Waals surface area contributed by atoms with Crippen molar-refractivity contribution in [2.45, 2.75) is 6.54 Å². The molecular weight excluding hydrogens is 298 g/mol. The Labute approximate surface area is 113 Å². The molecule has 94 valence electrons. The van der Waals surface area contributed by atoms with Gasteiger partial charge in [-0.25, -0.2) is 9.78 Å². The van der Waals surface area contributed by atoms with E-state index in [4.69, 9.17) is 5.11 Å². The minimum Gasteiger partial charge on any atom is -0.478 e. The quantitative estimate of drug-likeness (QED) is 0.890. The van der Waals surface area contributed by atoms with Crippen LogP contribution in [0.15, 0.2) is 41.4 Å². The molecule has 2 N–H and O–H groups in total. The minimum absolute atomic E-state index is 0.253. The lowest BCUT2D eigenvalue weighted by Crippen LogP contribution is -2.12. The summed E-state index contributed by atoms with van der Waals surface area (Å²) in [6.07, 6.45) is 5.29. The van der Waals surface area contributed by atoms with Crippen molar-refractivity contribution in [2.75, 3.05) is 11.9 Å². The number of nitrogens with one attached hydrogen (secondary N) is 1. The number of benzene rings is 1. The summed E-state index contributed by atoms with van der Waals surface area (Å²) in [7, 11) is 0. The lowest BCUT2D eigenvalue weighted by Gasteiger charge is -2.11. The lowest BCUT2D eigenvalue weighted by molar-refractivity contribution is 0.0697. The van der Waals surface area contributed by atoms with Crippen LogP contribution in [0.25, 0.3) is 0 Å². The van der Waals surface area contributed by atoms with Crippen molar-refractivity contribution in [1.29, 1.82) is 0 Å². The van der Waals surface area contributed by atoms with Gasteiger partial charge in [0, 0.05) is 35.6 Å². The summed E-state index contributed by atoms with van der Waals surface area (Å²) in [4.78, 5) is 15.1.